The van der Waals surface area contributed by atoms with Gasteiger partial charge < -0.3 is 19.6 Å². The quantitative estimate of drug-likeness (QED) is 0.801. The number of carbonyl (C=O) groups excluding carboxylic acids is 1. The third kappa shape index (κ3) is 4.18. The van der Waals surface area contributed by atoms with E-state index in [4.69, 9.17) is 9.15 Å². The maximum atomic E-state index is 11.9. The first-order chi connectivity index (χ1) is 12.0. The largest absolute Gasteiger partial charge is 0.504 e. The van der Waals surface area contributed by atoms with Gasteiger partial charge in [-0.2, -0.15) is 0 Å². The molecule has 1 aromatic heterocycles. The Labute approximate surface area is 145 Å². The van der Waals surface area contributed by atoms with Crippen molar-refractivity contribution < 1.29 is 19.1 Å². The molecule has 1 aliphatic rings. The van der Waals surface area contributed by atoms with Gasteiger partial charge in [-0.15, -0.1) is 0 Å². The lowest BCUT2D eigenvalue weighted by molar-refractivity contribution is -0.114. The van der Waals surface area contributed by atoms with Gasteiger partial charge in [0.05, 0.1) is 13.2 Å². The number of hydrogen-bond acceptors (Lipinski definition) is 6. The molecule has 0 unspecified atom stereocenters. The summed E-state index contributed by atoms with van der Waals surface area (Å²) >= 11 is 0. The van der Waals surface area contributed by atoms with Crippen LogP contribution >= 0.6 is 0 Å². The highest BCUT2D eigenvalue weighted by Crippen LogP contribution is 2.30. The van der Waals surface area contributed by atoms with Gasteiger partial charge in [-0.3, -0.25) is 9.69 Å². The second-order valence-corrected chi connectivity index (χ2v) is 6.18. The molecule has 0 atom stereocenters. The minimum atomic E-state index is -0.677. The van der Waals surface area contributed by atoms with Crippen molar-refractivity contribution in [3.8, 4) is 5.75 Å². The van der Waals surface area contributed by atoms with E-state index in [1.54, 1.807) is 6.07 Å². The van der Waals surface area contributed by atoms with E-state index in [9.17, 15) is 14.7 Å². The third-order valence-corrected chi connectivity index (χ3v) is 4.29. The number of benzene rings is 1. The normalized spacial score (nSPS) is 15.4. The number of fused-ring (bicyclic) bond motifs is 1. The van der Waals surface area contributed by atoms with Crippen molar-refractivity contribution >= 4 is 22.6 Å². The van der Waals surface area contributed by atoms with E-state index in [2.05, 4.69) is 10.2 Å². The second-order valence-electron chi connectivity index (χ2n) is 6.18. The Balaban J connectivity index is 1.74. The summed E-state index contributed by atoms with van der Waals surface area (Å²) < 4.78 is 10.5. The minimum absolute atomic E-state index is 0.00838. The average molecular weight is 346 g/mol. The number of anilines is 1. The highest BCUT2D eigenvalue weighted by Gasteiger charge is 2.14. The number of ether oxygens (including phenoxy) is 1. The summed E-state index contributed by atoms with van der Waals surface area (Å²) in [6.07, 6.45) is 1.59. The van der Waals surface area contributed by atoms with Crippen molar-refractivity contribution in [3.63, 3.8) is 0 Å². The lowest BCUT2D eigenvalue weighted by Gasteiger charge is -2.26. The fourth-order valence-corrected chi connectivity index (χ4v) is 3.01. The molecule has 1 amide bonds. The van der Waals surface area contributed by atoms with Crippen molar-refractivity contribution in [2.24, 2.45) is 0 Å². The molecule has 1 aromatic carbocycles. The molecule has 0 bridgehead atoms. The molecule has 2 N–H and O–H groups in total. The number of phenols is 1. The predicted molar refractivity (Wildman–Crippen MR) is 94.0 cm³/mol. The number of amides is 1. The molecule has 3 rings (SSSR count). The number of nitrogens with zero attached hydrogens (tertiary/aromatic N) is 1. The smallest absolute Gasteiger partial charge is 0.360 e. The molecular formula is C18H22N2O5. The van der Waals surface area contributed by atoms with E-state index in [-0.39, 0.29) is 22.9 Å². The van der Waals surface area contributed by atoms with E-state index in [0.29, 0.717) is 11.8 Å². The van der Waals surface area contributed by atoms with E-state index in [0.717, 1.165) is 44.8 Å². The van der Waals surface area contributed by atoms with E-state index < -0.39 is 5.63 Å². The van der Waals surface area contributed by atoms with Crippen LogP contribution in [-0.2, 0) is 16.0 Å². The number of morpholine rings is 1. The first-order valence-electron chi connectivity index (χ1n) is 8.41. The molecule has 25 heavy (non-hydrogen) atoms. The van der Waals surface area contributed by atoms with Gasteiger partial charge in [0, 0.05) is 25.4 Å². The Bertz CT molecular complexity index is 824. The number of phenolic OH excluding ortho intramolecular Hbond substituents is 1. The zero-order valence-corrected chi connectivity index (χ0v) is 14.2. The van der Waals surface area contributed by atoms with E-state index in [1.165, 1.54) is 13.0 Å². The lowest BCUT2D eigenvalue weighted by Crippen LogP contribution is -2.36. The molecular weight excluding hydrogens is 324 g/mol. The molecule has 7 nitrogen and oxygen atoms in total. The average Bonchev–Trinajstić information content (AvgIpc) is 2.59. The summed E-state index contributed by atoms with van der Waals surface area (Å²) in [5.41, 5.74) is 0.294. The number of nitrogens with one attached hydrogen (secondary N) is 1. The van der Waals surface area contributed by atoms with E-state index >= 15 is 0 Å². The van der Waals surface area contributed by atoms with Crippen molar-refractivity contribution in [3.05, 3.63) is 34.2 Å². The molecule has 134 valence electrons. The predicted octanol–water partition coefficient (Wildman–Crippen LogP) is 1.72. The summed E-state index contributed by atoms with van der Waals surface area (Å²) in [6.45, 7) is 5.66. The molecule has 0 spiro atoms. The highest BCUT2D eigenvalue weighted by atomic mass is 16.5. The number of rotatable bonds is 5. The molecule has 1 aliphatic heterocycles. The van der Waals surface area contributed by atoms with Crippen LogP contribution in [0.15, 0.2) is 27.4 Å². The Morgan fingerprint density at radius 1 is 1.32 bits per heavy atom. The van der Waals surface area contributed by atoms with Gasteiger partial charge >= 0.3 is 5.63 Å². The van der Waals surface area contributed by atoms with Crippen LogP contribution in [0.1, 0.15) is 18.9 Å². The zero-order chi connectivity index (χ0) is 17.8. The van der Waals surface area contributed by atoms with Crippen molar-refractivity contribution in [1.82, 2.24) is 4.90 Å². The zero-order valence-electron chi connectivity index (χ0n) is 14.2. The third-order valence-electron chi connectivity index (χ3n) is 4.29. The summed E-state index contributed by atoms with van der Waals surface area (Å²) in [7, 11) is 0. The fourth-order valence-electron chi connectivity index (χ4n) is 3.01. The Morgan fingerprint density at radius 3 is 2.80 bits per heavy atom. The Kier molecular flexibility index (Phi) is 5.35. The van der Waals surface area contributed by atoms with Crippen LogP contribution in [0.3, 0.4) is 0 Å². The van der Waals surface area contributed by atoms with Gasteiger partial charge in [-0.25, -0.2) is 4.79 Å². The maximum Gasteiger partial charge on any atom is 0.360 e. The Morgan fingerprint density at radius 2 is 2.08 bits per heavy atom. The first kappa shape index (κ1) is 17.4. The van der Waals surface area contributed by atoms with Crippen molar-refractivity contribution in [2.45, 2.75) is 19.8 Å². The van der Waals surface area contributed by atoms with Gasteiger partial charge in [-0.1, -0.05) is 12.1 Å². The molecule has 0 aliphatic carbocycles. The van der Waals surface area contributed by atoms with Gasteiger partial charge in [0.2, 0.25) is 5.91 Å². The second kappa shape index (κ2) is 7.67. The molecule has 0 saturated carbocycles. The summed E-state index contributed by atoms with van der Waals surface area (Å²) in [4.78, 5) is 25.4. The maximum absolute atomic E-state index is 11.9. The summed E-state index contributed by atoms with van der Waals surface area (Å²) in [5.74, 6) is -0.360. The van der Waals surface area contributed by atoms with E-state index in [1.807, 2.05) is 6.07 Å². The lowest BCUT2D eigenvalue weighted by atomic mass is 10.1. The molecule has 1 saturated heterocycles. The first-order valence-corrected chi connectivity index (χ1v) is 8.41. The fraction of sp³-hybridized carbons (Fsp3) is 0.444. The minimum Gasteiger partial charge on any atom is -0.504 e. The molecule has 1 fully saturated rings. The molecule has 0 radical (unpaired) electrons. The molecule has 2 heterocycles. The monoisotopic (exact) mass is 346 g/mol. The summed E-state index contributed by atoms with van der Waals surface area (Å²) in [6, 6.07) is 5.13. The van der Waals surface area contributed by atoms with Gasteiger partial charge in [0.15, 0.2) is 11.3 Å². The van der Waals surface area contributed by atoms with Crippen LogP contribution in [-0.4, -0.2) is 48.8 Å². The van der Waals surface area contributed by atoms with Gasteiger partial charge in [0.1, 0.15) is 5.69 Å². The van der Waals surface area contributed by atoms with Crippen LogP contribution in [0.4, 0.5) is 5.69 Å². The van der Waals surface area contributed by atoms with Crippen LogP contribution in [0, 0.1) is 0 Å². The number of aryl methyl sites for hydroxylation is 1. The van der Waals surface area contributed by atoms with Crippen LogP contribution in [0.5, 0.6) is 5.75 Å². The van der Waals surface area contributed by atoms with Crippen molar-refractivity contribution in [2.75, 3.05) is 38.2 Å². The summed E-state index contributed by atoms with van der Waals surface area (Å²) in [5, 5.41) is 13.4. The number of hydrogen-bond donors (Lipinski definition) is 2. The Hall–Kier alpha value is -2.38. The topological polar surface area (TPSA) is 92.0 Å². The number of aromatic hydroxyl groups is 1. The highest BCUT2D eigenvalue weighted by molar-refractivity contribution is 5.92. The van der Waals surface area contributed by atoms with Gasteiger partial charge in [0.25, 0.3) is 0 Å². The molecule has 2 aromatic rings. The van der Waals surface area contributed by atoms with Gasteiger partial charge in [-0.05, 0) is 31.0 Å². The van der Waals surface area contributed by atoms with Crippen LogP contribution in [0.2, 0.25) is 0 Å². The molecule has 7 heteroatoms. The van der Waals surface area contributed by atoms with Crippen LogP contribution < -0.4 is 10.9 Å². The van der Waals surface area contributed by atoms with Crippen LogP contribution in [0.25, 0.3) is 11.0 Å². The number of carbonyl (C=O) groups is 1. The SMILES string of the molecule is CC(=O)Nc1cc2ccc(CCCN3CCOCC3)c(O)c2oc1=O. The van der Waals surface area contributed by atoms with Crippen molar-refractivity contribution in [1.29, 1.82) is 0 Å². The standard InChI is InChI=1S/C18H22N2O5/c1-12(21)19-15-11-14-5-4-13(16(22)17(14)25-18(15)23)3-2-6-20-7-9-24-10-8-20/h4-5,11,22H,2-3,6-10H2,1H3,(H,19,21).